The number of hydrogen-bond acceptors (Lipinski definition) is 5. The molecule has 3 N–H and O–H groups in total. The third-order valence-corrected chi connectivity index (χ3v) is 5.86. The molecule has 3 aromatic carbocycles. The predicted octanol–water partition coefficient (Wildman–Crippen LogP) is 3.91. The molecule has 32 heavy (non-hydrogen) atoms. The predicted molar refractivity (Wildman–Crippen MR) is 127 cm³/mol. The first-order valence-electron chi connectivity index (χ1n) is 10.5. The fraction of sp³-hybridized carbons (Fsp3) is 0.250. The highest BCUT2D eigenvalue weighted by Gasteiger charge is 2.49. The van der Waals surface area contributed by atoms with E-state index in [0.29, 0.717) is 17.4 Å². The van der Waals surface area contributed by atoms with Crippen molar-refractivity contribution in [2.45, 2.75) is 24.4 Å². The highest BCUT2D eigenvalue weighted by Crippen LogP contribution is 2.30. The maximum Gasteiger partial charge on any atom is 0.412 e. The SMILES string of the molecule is O=C(Nc1cccc2ccccc12)O[C@@H]1CO[C@H]2[C@H]1OC[C@H]2NC(=S)Nc1ccccc1. The molecule has 5 rings (SSSR count). The van der Waals surface area contributed by atoms with E-state index in [9.17, 15) is 4.79 Å². The lowest BCUT2D eigenvalue weighted by Gasteiger charge is -2.20. The molecular weight excluding hydrogens is 426 g/mol. The van der Waals surface area contributed by atoms with Gasteiger partial charge in [0.05, 0.1) is 24.9 Å². The van der Waals surface area contributed by atoms with Gasteiger partial charge in [-0.3, -0.25) is 5.32 Å². The summed E-state index contributed by atoms with van der Waals surface area (Å²) >= 11 is 5.41. The van der Waals surface area contributed by atoms with E-state index in [-0.39, 0.29) is 24.9 Å². The summed E-state index contributed by atoms with van der Waals surface area (Å²) in [6.07, 6.45) is -1.61. The van der Waals surface area contributed by atoms with Gasteiger partial charge in [0.1, 0.15) is 12.2 Å². The van der Waals surface area contributed by atoms with E-state index < -0.39 is 12.2 Å². The van der Waals surface area contributed by atoms with Crippen molar-refractivity contribution in [3.8, 4) is 0 Å². The molecule has 0 aliphatic carbocycles. The number of benzene rings is 3. The van der Waals surface area contributed by atoms with Gasteiger partial charge in [-0.15, -0.1) is 0 Å². The number of fused-ring (bicyclic) bond motifs is 2. The van der Waals surface area contributed by atoms with Crippen LogP contribution in [0.1, 0.15) is 0 Å². The number of rotatable bonds is 4. The number of ether oxygens (including phenoxy) is 3. The van der Waals surface area contributed by atoms with E-state index in [0.717, 1.165) is 16.5 Å². The Labute approximate surface area is 191 Å². The first-order chi connectivity index (χ1) is 15.7. The van der Waals surface area contributed by atoms with Gasteiger partial charge in [-0.25, -0.2) is 4.79 Å². The van der Waals surface area contributed by atoms with Crippen molar-refractivity contribution in [1.29, 1.82) is 0 Å². The second-order valence-electron chi connectivity index (χ2n) is 7.76. The van der Waals surface area contributed by atoms with Crippen molar-refractivity contribution < 1.29 is 19.0 Å². The summed E-state index contributed by atoms with van der Waals surface area (Å²) in [5, 5.41) is 11.7. The maximum atomic E-state index is 12.6. The fourth-order valence-electron chi connectivity index (χ4n) is 4.16. The second-order valence-corrected chi connectivity index (χ2v) is 8.17. The van der Waals surface area contributed by atoms with Gasteiger partial charge in [0.15, 0.2) is 11.2 Å². The molecule has 8 heteroatoms. The molecule has 164 valence electrons. The molecule has 7 nitrogen and oxygen atoms in total. The first-order valence-corrected chi connectivity index (χ1v) is 10.9. The molecule has 0 unspecified atom stereocenters. The Balaban J connectivity index is 1.17. The van der Waals surface area contributed by atoms with Crippen LogP contribution in [-0.2, 0) is 14.2 Å². The number of carbonyl (C=O) groups excluding carboxylic acids is 1. The van der Waals surface area contributed by atoms with Crippen molar-refractivity contribution >= 4 is 45.6 Å². The quantitative estimate of drug-likeness (QED) is 0.521. The summed E-state index contributed by atoms with van der Waals surface area (Å²) in [7, 11) is 0. The highest BCUT2D eigenvalue weighted by molar-refractivity contribution is 7.80. The number of anilines is 2. The Morgan fingerprint density at radius 3 is 2.50 bits per heavy atom. The van der Waals surface area contributed by atoms with Crippen molar-refractivity contribution in [3.63, 3.8) is 0 Å². The molecule has 2 aliphatic heterocycles. The zero-order chi connectivity index (χ0) is 21.9. The van der Waals surface area contributed by atoms with Crippen LogP contribution < -0.4 is 16.0 Å². The van der Waals surface area contributed by atoms with Crippen molar-refractivity contribution in [3.05, 3.63) is 72.8 Å². The minimum atomic E-state index is -0.531. The Bertz CT molecular complexity index is 1120. The van der Waals surface area contributed by atoms with Crippen molar-refractivity contribution in [1.82, 2.24) is 5.32 Å². The average Bonchev–Trinajstić information content (AvgIpc) is 3.38. The van der Waals surface area contributed by atoms with Crippen LogP contribution in [0.5, 0.6) is 0 Å². The standard InChI is InChI=1S/C24H23N3O4S/c28-24(27-18-12-6-8-15-7-4-5-11-17(15)18)31-20-14-30-21-19(13-29-22(20)21)26-23(32)25-16-9-2-1-3-10-16/h1-12,19-22H,13-14H2,(H,27,28)(H2,25,26,32)/t19-,20-,21-,22+/m1/s1. The molecule has 0 saturated carbocycles. The summed E-state index contributed by atoms with van der Waals surface area (Å²) in [6, 6.07) is 23.2. The van der Waals surface area contributed by atoms with Gasteiger partial charge < -0.3 is 24.8 Å². The summed E-state index contributed by atoms with van der Waals surface area (Å²) < 4.78 is 17.4. The number of amides is 1. The van der Waals surface area contributed by atoms with Crippen LogP contribution in [0.3, 0.4) is 0 Å². The molecule has 1 amide bonds. The molecule has 2 fully saturated rings. The Morgan fingerprint density at radius 1 is 0.875 bits per heavy atom. The van der Waals surface area contributed by atoms with E-state index >= 15 is 0 Å². The van der Waals surface area contributed by atoms with Gasteiger partial charge in [0.25, 0.3) is 0 Å². The molecule has 2 aliphatic rings. The van der Waals surface area contributed by atoms with Gasteiger partial charge in [0, 0.05) is 11.1 Å². The minimum Gasteiger partial charge on any atom is -0.441 e. The largest absolute Gasteiger partial charge is 0.441 e. The molecular formula is C24H23N3O4S. The van der Waals surface area contributed by atoms with E-state index in [1.54, 1.807) is 0 Å². The van der Waals surface area contributed by atoms with Crippen LogP contribution in [0.4, 0.5) is 16.2 Å². The monoisotopic (exact) mass is 449 g/mol. The molecule has 3 aromatic rings. The van der Waals surface area contributed by atoms with Crippen molar-refractivity contribution in [2.75, 3.05) is 23.8 Å². The summed E-state index contributed by atoms with van der Waals surface area (Å²) in [6.45, 7) is 0.687. The molecule has 0 aromatic heterocycles. The Hall–Kier alpha value is -3.20. The van der Waals surface area contributed by atoms with Crippen LogP contribution in [0.15, 0.2) is 72.8 Å². The van der Waals surface area contributed by atoms with Crippen LogP contribution in [0, 0.1) is 0 Å². The average molecular weight is 450 g/mol. The van der Waals surface area contributed by atoms with Gasteiger partial charge >= 0.3 is 6.09 Å². The number of hydrogen-bond donors (Lipinski definition) is 3. The fourth-order valence-corrected chi connectivity index (χ4v) is 4.43. The summed E-state index contributed by atoms with van der Waals surface area (Å²) in [5.74, 6) is 0. The van der Waals surface area contributed by atoms with E-state index in [1.807, 2.05) is 72.8 Å². The third-order valence-electron chi connectivity index (χ3n) is 5.64. The minimum absolute atomic E-state index is 0.126. The first kappa shape index (κ1) is 20.7. The molecule has 2 heterocycles. The van der Waals surface area contributed by atoms with Gasteiger partial charge in [0.2, 0.25) is 0 Å². The van der Waals surface area contributed by atoms with Crippen LogP contribution in [0.25, 0.3) is 10.8 Å². The van der Waals surface area contributed by atoms with Crippen LogP contribution >= 0.6 is 12.2 Å². The van der Waals surface area contributed by atoms with Gasteiger partial charge in [-0.2, -0.15) is 0 Å². The van der Waals surface area contributed by atoms with E-state index in [1.165, 1.54) is 0 Å². The third kappa shape index (κ3) is 4.38. The lowest BCUT2D eigenvalue weighted by Crippen LogP contribution is -2.46. The summed E-state index contributed by atoms with van der Waals surface area (Å²) in [4.78, 5) is 12.6. The Kier molecular flexibility index (Phi) is 5.89. The van der Waals surface area contributed by atoms with E-state index in [2.05, 4.69) is 16.0 Å². The molecule has 4 atom stereocenters. The Morgan fingerprint density at radius 2 is 1.62 bits per heavy atom. The van der Waals surface area contributed by atoms with E-state index in [4.69, 9.17) is 26.4 Å². The lowest BCUT2D eigenvalue weighted by atomic mass is 10.1. The normalized spacial score (nSPS) is 24.0. The van der Waals surface area contributed by atoms with Crippen LogP contribution in [0.2, 0.25) is 0 Å². The van der Waals surface area contributed by atoms with Gasteiger partial charge in [-0.1, -0.05) is 54.6 Å². The molecule has 2 saturated heterocycles. The topological polar surface area (TPSA) is 80.9 Å². The number of carbonyl (C=O) groups is 1. The molecule has 0 spiro atoms. The van der Waals surface area contributed by atoms with Crippen LogP contribution in [-0.4, -0.2) is 48.8 Å². The molecule has 0 radical (unpaired) electrons. The highest BCUT2D eigenvalue weighted by atomic mass is 32.1. The van der Waals surface area contributed by atoms with Crippen molar-refractivity contribution in [2.24, 2.45) is 0 Å². The second kappa shape index (κ2) is 9.12. The number of para-hydroxylation sites is 1. The smallest absolute Gasteiger partial charge is 0.412 e. The zero-order valence-corrected chi connectivity index (χ0v) is 18.0. The maximum absolute atomic E-state index is 12.6. The van der Waals surface area contributed by atoms with Gasteiger partial charge in [-0.05, 0) is 35.8 Å². The lowest BCUT2D eigenvalue weighted by molar-refractivity contribution is 0.00881. The zero-order valence-electron chi connectivity index (χ0n) is 17.2. The number of thiocarbonyl (C=S) groups is 1. The number of nitrogens with one attached hydrogen (secondary N) is 3. The summed E-state index contributed by atoms with van der Waals surface area (Å²) in [5.41, 5.74) is 1.60. The molecule has 0 bridgehead atoms.